The Labute approximate surface area is 82.5 Å². The summed E-state index contributed by atoms with van der Waals surface area (Å²) in [6, 6.07) is 1.25. The zero-order valence-corrected chi connectivity index (χ0v) is 6.86. The number of hydrogen-bond acceptors (Lipinski definition) is 4. The van der Waals surface area contributed by atoms with Gasteiger partial charge in [-0.25, -0.2) is 20.8 Å². The van der Waals surface area contributed by atoms with Crippen molar-refractivity contribution in [2.75, 3.05) is 0 Å². The van der Waals surface area contributed by atoms with Crippen LogP contribution in [0.3, 0.4) is 0 Å². The van der Waals surface area contributed by atoms with Crippen LogP contribution in [0.15, 0.2) is 37.4 Å². The lowest BCUT2D eigenvalue weighted by molar-refractivity contribution is 1.31. The van der Waals surface area contributed by atoms with E-state index < -0.39 is 0 Å². The molecule has 0 aliphatic carbocycles. The van der Waals surface area contributed by atoms with E-state index in [9.17, 15) is 0 Å². The van der Waals surface area contributed by atoms with Crippen LogP contribution in [0.1, 0.15) is 7.43 Å². The molecule has 0 aliphatic rings. The standard InChI is InChI=1S/2C3H4N2.CH2N2.CH4/c2*1-2-5-3-4-1;2-1-3;/h2*1-3H,(H,4,5);2-3H;1H4. The van der Waals surface area contributed by atoms with Gasteiger partial charge in [0, 0.05) is 24.8 Å². The number of rotatable bonds is 0. The minimum Gasteiger partial charge on any atom is -0.351 e. The molecule has 0 amide bonds. The van der Waals surface area contributed by atoms with E-state index in [0.717, 1.165) is 0 Å². The Morgan fingerprint density at radius 3 is 1.36 bits per heavy atom. The average Bonchev–Trinajstić information content (AvgIpc) is 2.85. The van der Waals surface area contributed by atoms with Gasteiger partial charge in [-0.05, 0) is 0 Å². The van der Waals surface area contributed by atoms with Crippen LogP contribution in [0.5, 0.6) is 0 Å². The average molecular weight is 194 g/mol. The number of aromatic amines is 2. The van der Waals surface area contributed by atoms with Gasteiger partial charge in [0.2, 0.25) is 0 Å². The molecule has 0 saturated heterocycles. The van der Waals surface area contributed by atoms with Crippen molar-refractivity contribution < 1.29 is 0 Å². The third kappa shape index (κ3) is 12.5. The topological polar surface area (TPSA) is 105 Å². The summed E-state index contributed by atoms with van der Waals surface area (Å²) in [7, 11) is 0. The molecule has 0 bridgehead atoms. The van der Waals surface area contributed by atoms with E-state index >= 15 is 0 Å². The van der Waals surface area contributed by atoms with Crippen LogP contribution in [0, 0.1) is 10.8 Å². The van der Waals surface area contributed by atoms with Crippen molar-refractivity contribution in [1.82, 2.24) is 19.9 Å². The van der Waals surface area contributed by atoms with Gasteiger partial charge in [0.15, 0.2) is 0 Å². The van der Waals surface area contributed by atoms with Crippen LogP contribution in [0.4, 0.5) is 0 Å². The van der Waals surface area contributed by atoms with Crippen molar-refractivity contribution in [1.29, 1.82) is 10.8 Å². The molecule has 2 aromatic heterocycles. The number of nitrogens with zero attached hydrogens (tertiary/aromatic N) is 2. The smallest absolute Gasteiger partial charge is 0.0919 e. The Hall–Kier alpha value is -2.20. The van der Waals surface area contributed by atoms with Gasteiger partial charge in [0.1, 0.15) is 0 Å². The number of aromatic nitrogens is 4. The number of hydrogen-bond donors (Lipinski definition) is 4. The van der Waals surface area contributed by atoms with Crippen LogP contribution in [-0.2, 0) is 0 Å². The van der Waals surface area contributed by atoms with Gasteiger partial charge in [-0.15, -0.1) is 0 Å². The van der Waals surface area contributed by atoms with Gasteiger partial charge in [0.05, 0.1) is 18.7 Å². The molecule has 0 fully saturated rings. The second-order valence-corrected chi connectivity index (χ2v) is 1.65. The van der Waals surface area contributed by atoms with Crippen molar-refractivity contribution >= 4 is 6.01 Å². The first kappa shape index (κ1) is 14.3. The highest BCUT2D eigenvalue weighted by Gasteiger charge is 1.56. The third-order valence-corrected chi connectivity index (χ3v) is 0.812. The molecule has 4 N–H and O–H groups in total. The van der Waals surface area contributed by atoms with E-state index in [1.807, 2.05) is 0 Å². The molecule has 2 heterocycles. The molecule has 14 heavy (non-hydrogen) atoms. The van der Waals surface area contributed by atoms with E-state index in [4.69, 9.17) is 10.8 Å². The lowest BCUT2D eigenvalue weighted by atomic mass is 11.0. The molecule has 2 rings (SSSR count). The molecule has 0 aromatic carbocycles. The van der Waals surface area contributed by atoms with E-state index in [1.165, 1.54) is 6.01 Å². The Morgan fingerprint density at radius 1 is 0.929 bits per heavy atom. The summed E-state index contributed by atoms with van der Waals surface area (Å²) in [5, 5.41) is 11.2. The maximum absolute atomic E-state index is 5.62. The van der Waals surface area contributed by atoms with Gasteiger partial charge in [-0.3, -0.25) is 0 Å². The number of imidazole rings is 2. The lowest BCUT2D eigenvalue weighted by Gasteiger charge is -1.46. The number of nitrogens with one attached hydrogen (secondary N) is 4. The Bertz CT molecular complexity index is 219. The Morgan fingerprint density at radius 2 is 1.29 bits per heavy atom. The summed E-state index contributed by atoms with van der Waals surface area (Å²) in [6.45, 7) is 0. The van der Waals surface area contributed by atoms with E-state index in [2.05, 4.69) is 19.9 Å². The summed E-state index contributed by atoms with van der Waals surface area (Å²) >= 11 is 0. The molecule has 0 aliphatic heterocycles. The predicted octanol–water partition coefficient (Wildman–Crippen LogP) is 1.77. The first-order chi connectivity index (χ1) is 6.41. The predicted molar refractivity (Wildman–Crippen MR) is 54.4 cm³/mol. The van der Waals surface area contributed by atoms with E-state index in [0.29, 0.717) is 0 Å². The quantitative estimate of drug-likeness (QED) is 0.480. The van der Waals surface area contributed by atoms with Crippen molar-refractivity contribution in [2.24, 2.45) is 0 Å². The number of H-pyrrole nitrogens is 2. The molecule has 0 saturated carbocycles. The van der Waals surface area contributed by atoms with Gasteiger partial charge < -0.3 is 9.97 Å². The maximum atomic E-state index is 5.62. The van der Waals surface area contributed by atoms with Crippen molar-refractivity contribution in [2.45, 2.75) is 7.43 Å². The van der Waals surface area contributed by atoms with Gasteiger partial charge in [0.25, 0.3) is 0 Å². The molecule has 0 atom stereocenters. The minimum absolute atomic E-state index is 0. The monoisotopic (exact) mass is 194 g/mol. The molecule has 0 unspecified atom stereocenters. The summed E-state index contributed by atoms with van der Waals surface area (Å²) in [5.74, 6) is 0. The first-order valence-corrected chi connectivity index (χ1v) is 3.35. The first-order valence-electron chi connectivity index (χ1n) is 3.35. The summed E-state index contributed by atoms with van der Waals surface area (Å²) in [5.41, 5.74) is 0. The zero-order valence-electron chi connectivity index (χ0n) is 6.86. The second-order valence-electron chi connectivity index (χ2n) is 1.65. The lowest BCUT2D eigenvalue weighted by Crippen LogP contribution is -1.44. The fraction of sp³-hybridized carbons (Fsp3) is 0.125. The van der Waals surface area contributed by atoms with E-state index in [-0.39, 0.29) is 7.43 Å². The summed E-state index contributed by atoms with van der Waals surface area (Å²) in [6.07, 6.45) is 10.2. The largest absolute Gasteiger partial charge is 0.351 e. The second kappa shape index (κ2) is 13.4. The molecule has 76 valence electrons. The van der Waals surface area contributed by atoms with E-state index in [1.54, 1.807) is 37.4 Å². The molecule has 2 aromatic rings. The highest BCUT2D eigenvalue weighted by molar-refractivity contribution is 5.29. The molecule has 0 spiro atoms. The van der Waals surface area contributed by atoms with Crippen LogP contribution in [0.25, 0.3) is 0 Å². The highest BCUT2D eigenvalue weighted by atomic mass is 14.8. The van der Waals surface area contributed by atoms with Gasteiger partial charge in [-0.2, -0.15) is 0 Å². The molecule has 6 heteroatoms. The van der Waals surface area contributed by atoms with Gasteiger partial charge in [-0.1, -0.05) is 7.43 Å². The van der Waals surface area contributed by atoms with Crippen LogP contribution in [-0.4, -0.2) is 25.9 Å². The normalized spacial score (nSPS) is 6.29. The van der Waals surface area contributed by atoms with Gasteiger partial charge >= 0.3 is 0 Å². The van der Waals surface area contributed by atoms with Crippen molar-refractivity contribution in [3.63, 3.8) is 0 Å². The highest BCUT2D eigenvalue weighted by Crippen LogP contribution is 1.63. The molecule has 0 radical (unpaired) electrons. The SMILES string of the molecule is C.N=C=N.c1c[nH]cn1.c1c[nH]cn1. The Balaban J connectivity index is 0. The zero-order chi connectivity index (χ0) is 9.78. The summed E-state index contributed by atoms with van der Waals surface area (Å²) < 4.78 is 0. The molecular formula is C8H14N6. The molecular weight excluding hydrogens is 180 g/mol. The summed E-state index contributed by atoms with van der Waals surface area (Å²) in [4.78, 5) is 12.8. The van der Waals surface area contributed by atoms with Crippen LogP contribution >= 0.6 is 0 Å². The van der Waals surface area contributed by atoms with Crippen LogP contribution < -0.4 is 0 Å². The minimum atomic E-state index is 0. The fourth-order valence-electron chi connectivity index (χ4n) is 0.430. The van der Waals surface area contributed by atoms with Crippen molar-refractivity contribution in [3.05, 3.63) is 37.4 Å². The fourth-order valence-corrected chi connectivity index (χ4v) is 0.430. The van der Waals surface area contributed by atoms with Crippen LogP contribution in [0.2, 0.25) is 0 Å². The molecule has 6 nitrogen and oxygen atoms in total. The maximum Gasteiger partial charge on any atom is 0.0919 e. The Kier molecular flexibility index (Phi) is 13.7. The van der Waals surface area contributed by atoms with Crippen molar-refractivity contribution in [3.8, 4) is 0 Å². The third-order valence-electron chi connectivity index (χ3n) is 0.812.